The molecular formula is C15H23N5O. The lowest BCUT2D eigenvalue weighted by molar-refractivity contribution is 0.594. The SMILES string of the molecule is CC(C)CCN=C(N)NCCn1c(=O)[nH]c2ccccc21. The smallest absolute Gasteiger partial charge is 0.326 e. The zero-order chi connectivity index (χ0) is 15.2. The van der Waals surface area contributed by atoms with E-state index in [1.54, 1.807) is 4.57 Å². The standard InChI is InChI=1S/C15H23N5O/c1-11(2)7-8-17-14(16)18-9-10-20-13-6-4-3-5-12(13)19-15(20)21/h3-6,11H,7-10H2,1-2H3,(H,19,21)(H3,16,17,18). The molecule has 114 valence electrons. The Bertz CT molecular complexity index is 668. The molecule has 0 aliphatic heterocycles. The number of H-pyrrole nitrogens is 1. The van der Waals surface area contributed by atoms with Crippen LogP contribution < -0.4 is 16.7 Å². The van der Waals surface area contributed by atoms with Gasteiger partial charge >= 0.3 is 5.69 Å². The molecule has 0 spiro atoms. The molecule has 6 heteroatoms. The molecule has 0 fully saturated rings. The van der Waals surface area contributed by atoms with Crippen LogP contribution in [0.3, 0.4) is 0 Å². The first-order valence-corrected chi connectivity index (χ1v) is 7.29. The topological polar surface area (TPSA) is 88.2 Å². The largest absolute Gasteiger partial charge is 0.370 e. The quantitative estimate of drug-likeness (QED) is 0.553. The van der Waals surface area contributed by atoms with Gasteiger partial charge in [-0.15, -0.1) is 0 Å². The lowest BCUT2D eigenvalue weighted by Crippen LogP contribution is -2.35. The summed E-state index contributed by atoms with van der Waals surface area (Å²) in [6.45, 7) is 6.15. The number of aliphatic imine (C=N–C) groups is 1. The van der Waals surface area contributed by atoms with Gasteiger partial charge in [0.05, 0.1) is 11.0 Å². The van der Waals surface area contributed by atoms with Crippen molar-refractivity contribution in [3.63, 3.8) is 0 Å². The van der Waals surface area contributed by atoms with Crippen LogP contribution in [0.4, 0.5) is 0 Å². The number of guanidine groups is 1. The molecule has 0 atom stereocenters. The average molecular weight is 289 g/mol. The second-order valence-corrected chi connectivity index (χ2v) is 5.48. The van der Waals surface area contributed by atoms with Gasteiger partial charge in [-0.2, -0.15) is 0 Å². The normalized spacial score (nSPS) is 12.2. The number of hydrogen-bond donors (Lipinski definition) is 3. The van der Waals surface area contributed by atoms with E-state index in [1.165, 1.54) is 0 Å². The Morgan fingerprint density at radius 3 is 2.95 bits per heavy atom. The summed E-state index contributed by atoms with van der Waals surface area (Å²) in [7, 11) is 0. The van der Waals surface area contributed by atoms with Crippen molar-refractivity contribution in [3.8, 4) is 0 Å². The van der Waals surface area contributed by atoms with Crippen LogP contribution in [-0.4, -0.2) is 28.6 Å². The summed E-state index contributed by atoms with van der Waals surface area (Å²) in [5, 5.41) is 3.04. The molecule has 1 aromatic heterocycles. The van der Waals surface area contributed by atoms with Crippen LogP contribution in [0.1, 0.15) is 20.3 Å². The number of fused-ring (bicyclic) bond motifs is 1. The van der Waals surface area contributed by atoms with Gasteiger partial charge in [0.25, 0.3) is 0 Å². The van der Waals surface area contributed by atoms with Crippen molar-refractivity contribution >= 4 is 17.0 Å². The van der Waals surface area contributed by atoms with E-state index in [2.05, 4.69) is 29.1 Å². The van der Waals surface area contributed by atoms with E-state index in [9.17, 15) is 4.79 Å². The lowest BCUT2D eigenvalue weighted by atomic mass is 10.1. The third kappa shape index (κ3) is 4.11. The minimum atomic E-state index is -0.103. The maximum absolute atomic E-state index is 11.9. The van der Waals surface area contributed by atoms with Crippen LogP contribution in [-0.2, 0) is 6.54 Å². The Morgan fingerprint density at radius 2 is 2.19 bits per heavy atom. The third-order valence-electron chi connectivity index (χ3n) is 3.31. The Kier molecular flexibility index (Phi) is 5.03. The highest BCUT2D eigenvalue weighted by atomic mass is 16.1. The molecule has 6 nitrogen and oxygen atoms in total. The zero-order valence-corrected chi connectivity index (χ0v) is 12.6. The number of nitrogens with one attached hydrogen (secondary N) is 2. The molecule has 21 heavy (non-hydrogen) atoms. The average Bonchev–Trinajstić information content (AvgIpc) is 2.75. The fourth-order valence-corrected chi connectivity index (χ4v) is 2.12. The number of para-hydroxylation sites is 2. The Morgan fingerprint density at radius 1 is 1.43 bits per heavy atom. The van der Waals surface area contributed by atoms with Gasteiger partial charge in [0.15, 0.2) is 5.96 Å². The summed E-state index contributed by atoms with van der Waals surface area (Å²) in [4.78, 5) is 19.0. The van der Waals surface area contributed by atoms with E-state index in [4.69, 9.17) is 5.73 Å². The molecule has 0 aliphatic carbocycles. The molecule has 2 aromatic rings. The van der Waals surface area contributed by atoms with Gasteiger partial charge in [-0.1, -0.05) is 26.0 Å². The van der Waals surface area contributed by atoms with Crippen LogP contribution in [0.15, 0.2) is 34.1 Å². The Labute approximate surface area is 124 Å². The van der Waals surface area contributed by atoms with Crippen molar-refractivity contribution in [2.24, 2.45) is 16.6 Å². The molecule has 0 unspecified atom stereocenters. The summed E-state index contributed by atoms with van der Waals surface area (Å²) in [5.74, 6) is 1.05. The summed E-state index contributed by atoms with van der Waals surface area (Å²) in [5.41, 5.74) is 7.44. The molecule has 0 amide bonds. The minimum Gasteiger partial charge on any atom is -0.370 e. The fourth-order valence-electron chi connectivity index (χ4n) is 2.12. The molecule has 0 saturated heterocycles. The van der Waals surface area contributed by atoms with Crippen molar-refractivity contribution in [2.45, 2.75) is 26.8 Å². The van der Waals surface area contributed by atoms with Gasteiger partial charge in [-0.3, -0.25) is 9.56 Å². The van der Waals surface area contributed by atoms with E-state index in [1.807, 2.05) is 24.3 Å². The lowest BCUT2D eigenvalue weighted by Gasteiger charge is -2.07. The van der Waals surface area contributed by atoms with E-state index < -0.39 is 0 Å². The Hall–Kier alpha value is -2.24. The van der Waals surface area contributed by atoms with Gasteiger partial charge in [-0.25, -0.2) is 4.79 Å². The van der Waals surface area contributed by atoms with Crippen molar-refractivity contribution in [2.75, 3.05) is 13.1 Å². The van der Waals surface area contributed by atoms with Crippen molar-refractivity contribution in [1.29, 1.82) is 0 Å². The van der Waals surface area contributed by atoms with Crippen LogP contribution in [0.25, 0.3) is 11.0 Å². The number of benzene rings is 1. The molecule has 4 N–H and O–H groups in total. The molecule has 1 aromatic carbocycles. The number of nitrogens with two attached hydrogens (primary N) is 1. The molecule has 0 radical (unpaired) electrons. The first-order chi connectivity index (χ1) is 10.1. The Balaban J connectivity index is 1.91. The molecule has 1 heterocycles. The van der Waals surface area contributed by atoms with E-state index in [0.717, 1.165) is 24.0 Å². The summed E-state index contributed by atoms with van der Waals surface area (Å²) >= 11 is 0. The molecule has 0 saturated carbocycles. The van der Waals surface area contributed by atoms with Gasteiger partial charge in [0.1, 0.15) is 0 Å². The summed E-state index contributed by atoms with van der Waals surface area (Å²) in [6.07, 6.45) is 1.02. The fraction of sp³-hybridized carbons (Fsp3) is 0.467. The molecule has 0 aliphatic rings. The monoisotopic (exact) mass is 289 g/mol. The number of imidazole rings is 1. The number of nitrogens with zero attached hydrogens (tertiary/aromatic N) is 2. The zero-order valence-electron chi connectivity index (χ0n) is 12.6. The van der Waals surface area contributed by atoms with Crippen LogP contribution >= 0.6 is 0 Å². The van der Waals surface area contributed by atoms with E-state index in [-0.39, 0.29) is 5.69 Å². The summed E-state index contributed by atoms with van der Waals surface area (Å²) < 4.78 is 1.70. The number of aromatic nitrogens is 2. The highest BCUT2D eigenvalue weighted by Crippen LogP contribution is 2.08. The maximum Gasteiger partial charge on any atom is 0.326 e. The molecular weight excluding hydrogens is 266 g/mol. The van der Waals surface area contributed by atoms with Crippen LogP contribution in [0.2, 0.25) is 0 Å². The first-order valence-electron chi connectivity index (χ1n) is 7.29. The van der Waals surface area contributed by atoms with Gasteiger partial charge in [0, 0.05) is 19.6 Å². The minimum absolute atomic E-state index is 0.103. The van der Waals surface area contributed by atoms with E-state index in [0.29, 0.717) is 25.0 Å². The second kappa shape index (κ2) is 6.97. The maximum atomic E-state index is 11.9. The van der Waals surface area contributed by atoms with Crippen molar-refractivity contribution in [1.82, 2.24) is 14.9 Å². The number of rotatable bonds is 6. The third-order valence-corrected chi connectivity index (χ3v) is 3.31. The molecule has 2 rings (SSSR count). The number of aromatic amines is 1. The van der Waals surface area contributed by atoms with Crippen molar-refractivity contribution < 1.29 is 0 Å². The predicted molar refractivity (Wildman–Crippen MR) is 86.5 cm³/mol. The van der Waals surface area contributed by atoms with Crippen molar-refractivity contribution in [3.05, 3.63) is 34.7 Å². The predicted octanol–water partition coefficient (Wildman–Crippen LogP) is 1.28. The summed E-state index contributed by atoms with van der Waals surface area (Å²) in [6, 6.07) is 7.64. The second-order valence-electron chi connectivity index (χ2n) is 5.48. The van der Waals surface area contributed by atoms with Gasteiger partial charge < -0.3 is 16.0 Å². The van der Waals surface area contributed by atoms with Crippen LogP contribution in [0.5, 0.6) is 0 Å². The van der Waals surface area contributed by atoms with Gasteiger partial charge in [0.2, 0.25) is 0 Å². The highest BCUT2D eigenvalue weighted by molar-refractivity contribution is 5.78. The van der Waals surface area contributed by atoms with E-state index >= 15 is 0 Å². The number of hydrogen-bond acceptors (Lipinski definition) is 2. The molecule has 0 bridgehead atoms. The first kappa shape index (κ1) is 15.2. The van der Waals surface area contributed by atoms with Gasteiger partial charge in [-0.05, 0) is 24.5 Å². The highest BCUT2D eigenvalue weighted by Gasteiger charge is 2.05. The van der Waals surface area contributed by atoms with Crippen LogP contribution in [0, 0.1) is 5.92 Å².